The first-order chi connectivity index (χ1) is 15.4. The van der Waals surface area contributed by atoms with Gasteiger partial charge in [-0.2, -0.15) is 10.4 Å². The fraction of sp³-hybridized carbons (Fsp3) is 0.174. The molecule has 0 aliphatic carbocycles. The van der Waals surface area contributed by atoms with E-state index in [2.05, 4.69) is 10.4 Å². The van der Waals surface area contributed by atoms with Gasteiger partial charge in [0.25, 0.3) is 5.91 Å². The first-order valence-corrected chi connectivity index (χ1v) is 10.5. The molecule has 0 saturated carbocycles. The van der Waals surface area contributed by atoms with Gasteiger partial charge in [-0.05, 0) is 42.8 Å². The molecule has 162 valence electrons. The molecule has 0 spiro atoms. The third-order valence-corrected chi connectivity index (χ3v) is 5.46. The topological polar surface area (TPSA) is 89.2 Å². The molecular weight excluding hydrogens is 451 g/mol. The van der Waals surface area contributed by atoms with Crippen molar-refractivity contribution in [1.29, 1.82) is 5.26 Å². The molecule has 1 aliphatic heterocycles. The number of benzene rings is 2. The van der Waals surface area contributed by atoms with Crippen molar-refractivity contribution >= 4 is 40.9 Å². The largest absolute Gasteiger partial charge is 0.486 e. The van der Waals surface area contributed by atoms with E-state index in [-0.39, 0.29) is 5.57 Å². The average Bonchev–Trinajstić information content (AvgIpc) is 3.05. The Labute approximate surface area is 194 Å². The highest BCUT2D eigenvalue weighted by Crippen LogP contribution is 2.33. The van der Waals surface area contributed by atoms with Crippen molar-refractivity contribution in [3.63, 3.8) is 0 Å². The van der Waals surface area contributed by atoms with Crippen molar-refractivity contribution in [3.8, 4) is 17.6 Å². The third kappa shape index (κ3) is 4.72. The molecule has 2 heterocycles. The lowest BCUT2D eigenvalue weighted by Gasteiger charge is -2.18. The number of rotatable bonds is 5. The lowest BCUT2D eigenvalue weighted by molar-refractivity contribution is -0.112. The summed E-state index contributed by atoms with van der Waals surface area (Å²) in [6.07, 6.45) is 1.44. The van der Waals surface area contributed by atoms with Gasteiger partial charge in [-0.15, -0.1) is 0 Å². The van der Waals surface area contributed by atoms with Crippen LogP contribution in [0.15, 0.2) is 48.0 Å². The summed E-state index contributed by atoms with van der Waals surface area (Å²) in [5.41, 5.74) is 2.46. The molecule has 1 aliphatic rings. The van der Waals surface area contributed by atoms with Crippen LogP contribution >= 0.6 is 23.2 Å². The van der Waals surface area contributed by atoms with Crippen molar-refractivity contribution in [2.45, 2.75) is 13.5 Å². The number of nitriles is 1. The zero-order valence-electron chi connectivity index (χ0n) is 17.1. The Kier molecular flexibility index (Phi) is 6.35. The van der Waals surface area contributed by atoms with Gasteiger partial charge in [-0.3, -0.25) is 4.79 Å². The van der Waals surface area contributed by atoms with Crippen molar-refractivity contribution in [2.24, 2.45) is 0 Å². The van der Waals surface area contributed by atoms with Crippen LogP contribution in [-0.2, 0) is 11.3 Å². The molecule has 7 nitrogen and oxygen atoms in total. The van der Waals surface area contributed by atoms with Gasteiger partial charge in [0.1, 0.15) is 30.0 Å². The third-order valence-electron chi connectivity index (χ3n) is 4.81. The second-order valence-corrected chi connectivity index (χ2v) is 7.85. The molecule has 0 atom stereocenters. The zero-order valence-corrected chi connectivity index (χ0v) is 18.6. The summed E-state index contributed by atoms with van der Waals surface area (Å²) in [6, 6.07) is 14.3. The van der Waals surface area contributed by atoms with Crippen LogP contribution in [0, 0.1) is 18.3 Å². The summed E-state index contributed by atoms with van der Waals surface area (Å²) in [4.78, 5) is 12.7. The number of hydrogen-bond acceptors (Lipinski definition) is 5. The van der Waals surface area contributed by atoms with Crippen molar-refractivity contribution < 1.29 is 14.3 Å². The number of nitrogens with zero attached hydrogens (tertiary/aromatic N) is 3. The van der Waals surface area contributed by atoms with Gasteiger partial charge >= 0.3 is 0 Å². The molecule has 2 aromatic carbocycles. The van der Waals surface area contributed by atoms with Gasteiger partial charge in [0.2, 0.25) is 0 Å². The van der Waals surface area contributed by atoms with E-state index in [4.69, 9.17) is 32.7 Å². The molecule has 0 bridgehead atoms. The van der Waals surface area contributed by atoms with Crippen LogP contribution in [0.4, 0.5) is 5.69 Å². The highest BCUT2D eigenvalue weighted by Gasteiger charge is 2.18. The number of aryl methyl sites for hydroxylation is 1. The number of anilines is 1. The number of hydrogen-bond donors (Lipinski definition) is 1. The van der Waals surface area contributed by atoms with Crippen LogP contribution in [0.25, 0.3) is 6.08 Å². The molecule has 1 amide bonds. The second kappa shape index (κ2) is 9.35. The Morgan fingerprint density at radius 3 is 2.62 bits per heavy atom. The summed E-state index contributed by atoms with van der Waals surface area (Å²) < 4.78 is 12.6. The number of carbonyl (C=O) groups excluding carboxylic acids is 1. The summed E-state index contributed by atoms with van der Waals surface area (Å²) in [6.45, 7) is 3.11. The summed E-state index contributed by atoms with van der Waals surface area (Å²) in [7, 11) is 0. The van der Waals surface area contributed by atoms with Crippen molar-refractivity contribution in [1.82, 2.24) is 9.78 Å². The number of halogens is 2. The minimum Gasteiger partial charge on any atom is -0.486 e. The average molecular weight is 469 g/mol. The van der Waals surface area contributed by atoms with E-state index in [1.54, 1.807) is 41.9 Å². The maximum Gasteiger partial charge on any atom is 0.266 e. The number of amides is 1. The summed E-state index contributed by atoms with van der Waals surface area (Å²) >= 11 is 12.4. The number of nitrogens with one attached hydrogen (secondary N) is 1. The normalized spacial score (nSPS) is 12.9. The van der Waals surface area contributed by atoms with Gasteiger partial charge in [0.05, 0.1) is 12.2 Å². The van der Waals surface area contributed by atoms with E-state index in [9.17, 15) is 10.1 Å². The SMILES string of the molecule is Cc1nn(Cc2ccc(Cl)cc2)c(Cl)c1/C=C(\C#N)C(=O)Nc1ccc2c(c1)OCCO2. The van der Waals surface area contributed by atoms with Crippen LogP contribution in [0.5, 0.6) is 11.5 Å². The van der Waals surface area contributed by atoms with Crippen LogP contribution in [0.3, 0.4) is 0 Å². The lowest BCUT2D eigenvalue weighted by Crippen LogP contribution is -2.17. The molecular formula is C23H18Cl2N4O3. The smallest absolute Gasteiger partial charge is 0.266 e. The maximum absolute atomic E-state index is 12.7. The fourth-order valence-electron chi connectivity index (χ4n) is 3.21. The predicted octanol–water partition coefficient (Wildman–Crippen LogP) is 4.86. The quantitative estimate of drug-likeness (QED) is 0.426. The van der Waals surface area contributed by atoms with E-state index >= 15 is 0 Å². The number of aromatic nitrogens is 2. The van der Waals surface area contributed by atoms with E-state index in [0.717, 1.165) is 5.56 Å². The Morgan fingerprint density at radius 1 is 1.19 bits per heavy atom. The van der Waals surface area contributed by atoms with Gasteiger partial charge in [-0.1, -0.05) is 35.3 Å². The molecule has 0 unspecified atom stereocenters. The molecule has 1 N–H and O–H groups in total. The first-order valence-electron chi connectivity index (χ1n) is 9.75. The monoisotopic (exact) mass is 468 g/mol. The van der Waals surface area contributed by atoms with Crippen LogP contribution in [-0.4, -0.2) is 28.9 Å². The molecule has 4 rings (SSSR count). The Bertz CT molecular complexity index is 1240. The van der Waals surface area contributed by atoms with E-state index in [0.29, 0.717) is 58.4 Å². The fourth-order valence-corrected chi connectivity index (χ4v) is 3.63. The molecule has 1 aromatic heterocycles. The minimum atomic E-state index is -0.565. The first kappa shape index (κ1) is 21.8. The molecule has 32 heavy (non-hydrogen) atoms. The number of carbonyl (C=O) groups is 1. The molecule has 0 fully saturated rings. The Balaban J connectivity index is 1.55. The van der Waals surface area contributed by atoms with Crippen molar-refractivity contribution in [3.05, 3.63) is 75.0 Å². The van der Waals surface area contributed by atoms with Crippen LogP contribution < -0.4 is 14.8 Å². The minimum absolute atomic E-state index is 0.101. The molecule has 0 saturated heterocycles. The highest BCUT2D eigenvalue weighted by molar-refractivity contribution is 6.31. The van der Waals surface area contributed by atoms with Crippen LogP contribution in [0.2, 0.25) is 10.2 Å². The van der Waals surface area contributed by atoms with Crippen LogP contribution in [0.1, 0.15) is 16.8 Å². The van der Waals surface area contributed by atoms with E-state index < -0.39 is 5.91 Å². The highest BCUT2D eigenvalue weighted by atomic mass is 35.5. The van der Waals surface area contributed by atoms with Gasteiger partial charge < -0.3 is 14.8 Å². The lowest BCUT2D eigenvalue weighted by atomic mass is 10.1. The molecule has 0 radical (unpaired) electrons. The molecule has 3 aromatic rings. The zero-order chi connectivity index (χ0) is 22.7. The van der Waals surface area contributed by atoms with Gasteiger partial charge in [0, 0.05) is 22.3 Å². The maximum atomic E-state index is 12.7. The van der Waals surface area contributed by atoms with E-state index in [1.807, 2.05) is 18.2 Å². The molecule has 9 heteroatoms. The number of ether oxygens (including phenoxy) is 2. The van der Waals surface area contributed by atoms with E-state index in [1.165, 1.54) is 6.08 Å². The Hall–Kier alpha value is -3.47. The van der Waals surface area contributed by atoms with Gasteiger partial charge in [-0.25, -0.2) is 4.68 Å². The number of fused-ring (bicyclic) bond motifs is 1. The predicted molar refractivity (Wildman–Crippen MR) is 122 cm³/mol. The summed E-state index contributed by atoms with van der Waals surface area (Å²) in [5.74, 6) is 0.588. The van der Waals surface area contributed by atoms with Gasteiger partial charge in [0.15, 0.2) is 11.5 Å². The Morgan fingerprint density at radius 2 is 1.91 bits per heavy atom. The standard InChI is InChI=1S/C23H18Cl2N4O3/c1-14-19(22(25)29(28-14)13-15-2-4-17(24)5-3-15)10-16(12-26)23(30)27-18-6-7-20-21(11-18)32-9-8-31-20/h2-7,10-11H,8-9,13H2,1H3,(H,27,30)/b16-10+. The van der Waals surface area contributed by atoms with Crippen molar-refractivity contribution in [2.75, 3.05) is 18.5 Å². The summed E-state index contributed by atoms with van der Waals surface area (Å²) in [5, 5.41) is 17.7. The second-order valence-electron chi connectivity index (χ2n) is 7.06.